The van der Waals surface area contributed by atoms with Crippen molar-refractivity contribution >= 4 is 11.9 Å². The van der Waals surface area contributed by atoms with E-state index in [0.717, 1.165) is 13.0 Å². The second-order valence-electron chi connectivity index (χ2n) is 4.30. The summed E-state index contributed by atoms with van der Waals surface area (Å²) in [4.78, 5) is 23.1. The summed E-state index contributed by atoms with van der Waals surface area (Å²) < 4.78 is 4.61. The van der Waals surface area contributed by atoms with Gasteiger partial charge in [0.1, 0.15) is 5.54 Å². The third-order valence-electron chi connectivity index (χ3n) is 2.56. The zero-order chi connectivity index (χ0) is 11.5. The fourth-order valence-corrected chi connectivity index (χ4v) is 1.59. The van der Waals surface area contributed by atoms with E-state index in [1.165, 1.54) is 7.11 Å². The van der Waals surface area contributed by atoms with Crippen molar-refractivity contribution in [1.29, 1.82) is 0 Å². The van der Waals surface area contributed by atoms with Gasteiger partial charge in [-0.25, -0.2) is 4.79 Å². The van der Waals surface area contributed by atoms with E-state index in [4.69, 9.17) is 0 Å². The van der Waals surface area contributed by atoms with E-state index in [2.05, 4.69) is 15.4 Å². The largest absolute Gasteiger partial charge is 0.467 e. The minimum Gasteiger partial charge on any atom is -0.467 e. The average molecular weight is 214 g/mol. The number of esters is 1. The van der Waals surface area contributed by atoms with E-state index in [1.54, 1.807) is 13.8 Å². The summed E-state index contributed by atoms with van der Waals surface area (Å²) >= 11 is 0. The number of rotatable bonds is 3. The van der Waals surface area contributed by atoms with Crippen molar-refractivity contribution in [1.82, 2.24) is 10.6 Å². The molecule has 0 aromatic heterocycles. The van der Waals surface area contributed by atoms with E-state index in [-0.39, 0.29) is 11.8 Å². The van der Waals surface area contributed by atoms with Gasteiger partial charge in [-0.1, -0.05) is 0 Å². The Labute approximate surface area is 89.6 Å². The van der Waals surface area contributed by atoms with E-state index in [0.29, 0.717) is 6.54 Å². The van der Waals surface area contributed by atoms with Crippen LogP contribution in [-0.2, 0) is 14.3 Å². The minimum atomic E-state index is -0.950. The van der Waals surface area contributed by atoms with Crippen LogP contribution in [0.2, 0.25) is 0 Å². The molecule has 0 bridgehead atoms. The molecule has 0 aromatic rings. The molecule has 5 heteroatoms. The first-order chi connectivity index (χ1) is 6.97. The number of nitrogens with one attached hydrogen (secondary N) is 2. The van der Waals surface area contributed by atoms with Gasteiger partial charge in [0, 0.05) is 6.54 Å². The van der Waals surface area contributed by atoms with Crippen LogP contribution in [0.5, 0.6) is 0 Å². The van der Waals surface area contributed by atoms with E-state index >= 15 is 0 Å². The number of carbonyl (C=O) groups is 2. The van der Waals surface area contributed by atoms with Crippen molar-refractivity contribution in [3.05, 3.63) is 0 Å². The van der Waals surface area contributed by atoms with E-state index < -0.39 is 11.5 Å². The Morgan fingerprint density at radius 3 is 2.60 bits per heavy atom. The van der Waals surface area contributed by atoms with Gasteiger partial charge in [0.25, 0.3) is 0 Å². The topological polar surface area (TPSA) is 67.4 Å². The van der Waals surface area contributed by atoms with E-state index in [1.807, 2.05) is 0 Å². The smallest absolute Gasteiger partial charge is 0.330 e. The number of hydrogen-bond acceptors (Lipinski definition) is 4. The molecular weight excluding hydrogens is 196 g/mol. The van der Waals surface area contributed by atoms with Gasteiger partial charge in [0.15, 0.2) is 0 Å². The number of carbonyl (C=O) groups excluding carboxylic acids is 2. The zero-order valence-electron chi connectivity index (χ0n) is 9.42. The predicted molar refractivity (Wildman–Crippen MR) is 55.2 cm³/mol. The second kappa shape index (κ2) is 4.61. The van der Waals surface area contributed by atoms with Crippen LogP contribution < -0.4 is 10.6 Å². The highest BCUT2D eigenvalue weighted by Gasteiger charge is 2.33. The van der Waals surface area contributed by atoms with Gasteiger partial charge in [-0.3, -0.25) is 4.79 Å². The van der Waals surface area contributed by atoms with Crippen LogP contribution in [0.4, 0.5) is 0 Å². The molecule has 0 spiro atoms. The molecule has 5 nitrogen and oxygen atoms in total. The molecule has 0 radical (unpaired) electrons. The van der Waals surface area contributed by atoms with Crippen LogP contribution in [0, 0.1) is 5.92 Å². The van der Waals surface area contributed by atoms with Crippen LogP contribution in [0.3, 0.4) is 0 Å². The summed E-state index contributed by atoms with van der Waals surface area (Å²) in [5.41, 5.74) is -0.950. The summed E-state index contributed by atoms with van der Waals surface area (Å²) in [6, 6.07) is 0. The molecule has 0 saturated carbocycles. The molecule has 1 aliphatic heterocycles. The molecule has 1 fully saturated rings. The summed E-state index contributed by atoms with van der Waals surface area (Å²) in [6.45, 7) is 4.82. The molecule has 1 aliphatic rings. The predicted octanol–water partition coefficient (Wildman–Crippen LogP) is -0.336. The lowest BCUT2D eigenvalue weighted by molar-refractivity contribution is -0.149. The Kier molecular flexibility index (Phi) is 3.68. The molecular formula is C10H18N2O3. The van der Waals surface area contributed by atoms with Gasteiger partial charge in [-0.05, 0) is 26.8 Å². The fraction of sp³-hybridized carbons (Fsp3) is 0.800. The lowest BCUT2D eigenvalue weighted by Crippen LogP contribution is -2.52. The maximum absolute atomic E-state index is 11.7. The third-order valence-corrected chi connectivity index (χ3v) is 2.56. The zero-order valence-corrected chi connectivity index (χ0v) is 9.42. The van der Waals surface area contributed by atoms with Crippen molar-refractivity contribution in [2.45, 2.75) is 25.8 Å². The number of hydrogen-bond donors (Lipinski definition) is 2. The summed E-state index contributed by atoms with van der Waals surface area (Å²) in [7, 11) is 1.31. The third kappa shape index (κ3) is 2.92. The van der Waals surface area contributed by atoms with Gasteiger partial charge in [0.05, 0.1) is 13.0 Å². The van der Waals surface area contributed by atoms with Crippen LogP contribution in [0.15, 0.2) is 0 Å². The maximum Gasteiger partial charge on any atom is 0.330 e. The molecule has 1 amide bonds. The normalized spacial score (nSPS) is 21.1. The Bertz CT molecular complexity index is 257. The standard InChI is InChI=1S/C10H18N2O3/c1-10(2,9(14)15-3)12-8(13)7-4-5-11-6-7/h7,11H,4-6H2,1-3H3,(H,12,13). The summed E-state index contributed by atoms with van der Waals surface area (Å²) in [5.74, 6) is -0.550. The number of ether oxygens (including phenoxy) is 1. The Morgan fingerprint density at radius 2 is 2.13 bits per heavy atom. The molecule has 0 aromatic carbocycles. The molecule has 1 atom stereocenters. The van der Waals surface area contributed by atoms with Crippen molar-refractivity contribution in [3.63, 3.8) is 0 Å². The van der Waals surface area contributed by atoms with Crippen molar-refractivity contribution < 1.29 is 14.3 Å². The molecule has 0 aliphatic carbocycles. The first-order valence-electron chi connectivity index (χ1n) is 5.08. The Morgan fingerprint density at radius 1 is 1.47 bits per heavy atom. The highest BCUT2D eigenvalue weighted by atomic mass is 16.5. The van der Waals surface area contributed by atoms with Crippen molar-refractivity contribution in [3.8, 4) is 0 Å². The molecule has 1 saturated heterocycles. The molecule has 1 rings (SSSR count). The highest BCUT2D eigenvalue weighted by Crippen LogP contribution is 2.11. The monoisotopic (exact) mass is 214 g/mol. The Hall–Kier alpha value is -1.10. The van der Waals surface area contributed by atoms with Crippen LogP contribution in [0.25, 0.3) is 0 Å². The molecule has 15 heavy (non-hydrogen) atoms. The lowest BCUT2D eigenvalue weighted by Gasteiger charge is -2.24. The number of amides is 1. The minimum absolute atomic E-state index is 0.0334. The maximum atomic E-state index is 11.7. The van der Waals surface area contributed by atoms with Crippen molar-refractivity contribution in [2.75, 3.05) is 20.2 Å². The van der Waals surface area contributed by atoms with Crippen molar-refractivity contribution in [2.24, 2.45) is 5.92 Å². The summed E-state index contributed by atoms with van der Waals surface area (Å²) in [6.07, 6.45) is 0.823. The highest BCUT2D eigenvalue weighted by molar-refractivity contribution is 5.88. The lowest BCUT2D eigenvalue weighted by atomic mass is 10.0. The van der Waals surface area contributed by atoms with Gasteiger partial charge >= 0.3 is 5.97 Å². The van der Waals surface area contributed by atoms with Crippen LogP contribution >= 0.6 is 0 Å². The van der Waals surface area contributed by atoms with Gasteiger partial charge < -0.3 is 15.4 Å². The van der Waals surface area contributed by atoms with Gasteiger partial charge in [-0.2, -0.15) is 0 Å². The van der Waals surface area contributed by atoms with E-state index in [9.17, 15) is 9.59 Å². The molecule has 2 N–H and O–H groups in total. The van der Waals surface area contributed by atoms with Crippen LogP contribution in [0.1, 0.15) is 20.3 Å². The van der Waals surface area contributed by atoms with Gasteiger partial charge in [0.2, 0.25) is 5.91 Å². The first-order valence-corrected chi connectivity index (χ1v) is 5.08. The average Bonchev–Trinajstić information content (AvgIpc) is 2.68. The summed E-state index contributed by atoms with van der Waals surface area (Å²) in [5, 5.41) is 5.80. The molecule has 86 valence electrons. The molecule has 1 heterocycles. The SMILES string of the molecule is COC(=O)C(C)(C)NC(=O)C1CCNC1. The first kappa shape index (κ1) is 12.0. The van der Waals surface area contributed by atoms with Gasteiger partial charge in [-0.15, -0.1) is 0 Å². The van der Waals surface area contributed by atoms with Crippen LogP contribution in [-0.4, -0.2) is 37.6 Å². The quantitative estimate of drug-likeness (QED) is 0.631. The fourth-order valence-electron chi connectivity index (χ4n) is 1.59. The second-order valence-corrected chi connectivity index (χ2v) is 4.30. The number of methoxy groups -OCH3 is 1. The Balaban J connectivity index is 2.52. The molecule has 1 unspecified atom stereocenters.